The third-order valence-electron chi connectivity index (χ3n) is 3.61. The van der Waals surface area contributed by atoms with Gasteiger partial charge in [-0.2, -0.15) is 4.37 Å². The van der Waals surface area contributed by atoms with Crippen LogP contribution in [0.5, 0.6) is 5.75 Å². The van der Waals surface area contributed by atoms with Crippen molar-refractivity contribution in [1.82, 2.24) is 4.37 Å². The number of fused-ring (bicyclic) bond motifs is 1. The zero-order valence-electron chi connectivity index (χ0n) is 14.8. The van der Waals surface area contributed by atoms with E-state index in [1.165, 1.54) is 20.1 Å². The Morgan fingerprint density at radius 1 is 1.19 bits per heavy atom. The van der Waals surface area contributed by atoms with Crippen LogP contribution in [0.2, 0.25) is 0 Å². The number of nitrogens with zero attached hydrogens (tertiary/aromatic N) is 3. The Morgan fingerprint density at radius 3 is 2.63 bits per heavy atom. The van der Waals surface area contributed by atoms with Crippen molar-refractivity contribution >= 4 is 54.6 Å². The number of amides is 1. The van der Waals surface area contributed by atoms with E-state index in [1.807, 2.05) is 0 Å². The van der Waals surface area contributed by atoms with Crippen molar-refractivity contribution in [1.29, 1.82) is 0 Å². The molecule has 2 aromatic carbocycles. The van der Waals surface area contributed by atoms with E-state index in [1.54, 1.807) is 30.3 Å². The lowest BCUT2D eigenvalue weighted by Crippen LogP contribution is -2.06. The minimum atomic E-state index is -3.33. The molecule has 10 heteroatoms. The molecular weight excluding hydrogens is 388 g/mol. The lowest BCUT2D eigenvalue weighted by molar-refractivity contribution is -0.114. The highest BCUT2D eigenvalue weighted by Crippen LogP contribution is 2.35. The number of hydrogen-bond donors (Lipinski definition) is 1. The molecule has 8 nitrogen and oxygen atoms in total. The van der Waals surface area contributed by atoms with Gasteiger partial charge in [0.2, 0.25) is 5.91 Å². The minimum Gasteiger partial charge on any atom is -0.495 e. The molecule has 1 aromatic heterocycles. The Bertz CT molecular complexity index is 1150. The Morgan fingerprint density at radius 2 is 1.96 bits per heavy atom. The minimum absolute atomic E-state index is 0.198. The van der Waals surface area contributed by atoms with E-state index in [9.17, 15) is 13.2 Å². The Hall–Kier alpha value is -2.85. The molecule has 1 amide bonds. The van der Waals surface area contributed by atoms with Crippen LogP contribution in [-0.4, -0.2) is 32.1 Å². The fourth-order valence-corrected chi connectivity index (χ4v) is 3.69. The third kappa shape index (κ3) is 4.29. The summed E-state index contributed by atoms with van der Waals surface area (Å²) >= 11 is 1.12. The summed E-state index contributed by atoms with van der Waals surface area (Å²) in [6.07, 6.45) is 1.15. The molecule has 3 rings (SSSR count). The second-order valence-corrected chi connectivity index (χ2v) is 8.47. The second kappa shape index (κ2) is 7.41. The average molecular weight is 404 g/mol. The molecule has 0 atom stereocenters. The quantitative estimate of drug-likeness (QED) is 0.644. The van der Waals surface area contributed by atoms with Crippen molar-refractivity contribution in [2.24, 2.45) is 10.2 Å². The number of benzene rings is 2. The normalized spacial score (nSPS) is 11.8. The topological polar surface area (TPSA) is 110 Å². The smallest absolute Gasteiger partial charge is 0.221 e. The number of carbonyl (C=O) groups excluding carboxylic acids is 1. The van der Waals surface area contributed by atoms with Gasteiger partial charge in [-0.15, -0.1) is 10.2 Å². The highest BCUT2D eigenvalue weighted by Gasteiger charge is 2.12. The summed E-state index contributed by atoms with van der Waals surface area (Å²) in [6.45, 7) is 1.40. The van der Waals surface area contributed by atoms with E-state index in [-0.39, 0.29) is 10.8 Å². The van der Waals surface area contributed by atoms with Crippen LogP contribution in [0.25, 0.3) is 10.9 Å². The predicted octanol–water partition coefficient (Wildman–Crippen LogP) is 4.08. The zero-order valence-corrected chi connectivity index (χ0v) is 16.4. The van der Waals surface area contributed by atoms with E-state index in [4.69, 9.17) is 4.74 Å². The maximum absolute atomic E-state index is 11.8. The van der Waals surface area contributed by atoms with Crippen molar-refractivity contribution in [3.63, 3.8) is 0 Å². The van der Waals surface area contributed by atoms with Crippen LogP contribution in [0.1, 0.15) is 6.92 Å². The first kappa shape index (κ1) is 18.9. The van der Waals surface area contributed by atoms with E-state index in [0.717, 1.165) is 17.8 Å². The number of rotatable bonds is 5. The van der Waals surface area contributed by atoms with Gasteiger partial charge in [-0.25, -0.2) is 8.42 Å². The number of azo groups is 1. The van der Waals surface area contributed by atoms with Crippen LogP contribution in [0.3, 0.4) is 0 Å². The van der Waals surface area contributed by atoms with Crippen molar-refractivity contribution < 1.29 is 17.9 Å². The first-order valence-electron chi connectivity index (χ1n) is 7.75. The molecule has 0 radical (unpaired) electrons. The summed E-state index contributed by atoms with van der Waals surface area (Å²) in [5, 5.41) is 12.1. The maximum atomic E-state index is 11.8. The highest BCUT2D eigenvalue weighted by atomic mass is 32.2. The number of nitrogens with one attached hydrogen (secondary N) is 1. The van der Waals surface area contributed by atoms with Gasteiger partial charge in [0.05, 0.1) is 28.9 Å². The molecule has 0 saturated heterocycles. The summed E-state index contributed by atoms with van der Waals surface area (Å²) in [6, 6.07) is 9.70. The van der Waals surface area contributed by atoms with Gasteiger partial charge in [-0.1, -0.05) is 0 Å². The summed E-state index contributed by atoms with van der Waals surface area (Å²) in [5.74, 6) is 0.273. The van der Waals surface area contributed by atoms with Gasteiger partial charge in [0.15, 0.2) is 14.8 Å². The Balaban J connectivity index is 1.97. The lowest BCUT2D eigenvalue weighted by Gasteiger charge is -2.08. The number of anilines is 1. The van der Waals surface area contributed by atoms with Crippen molar-refractivity contribution in [3.8, 4) is 5.75 Å². The first-order chi connectivity index (χ1) is 12.8. The molecule has 1 N–H and O–H groups in total. The Labute approximate surface area is 160 Å². The van der Waals surface area contributed by atoms with Crippen LogP contribution in [0, 0.1) is 0 Å². The number of carbonyl (C=O) groups is 1. The van der Waals surface area contributed by atoms with Crippen molar-refractivity contribution in [2.45, 2.75) is 11.8 Å². The second-order valence-electron chi connectivity index (χ2n) is 5.70. The summed E-state index contributed by atoms with van der Waals surface area (Å²) in [7, 11) is -1.83. The molecule has 0 spiro atoms. The third-order valence-corrected chi connectivity index (χ3v) is 5.48. The number of ether oxygens (including phenoxy) is 1. The van der Waals surface area contributed by atoms with Gasteiger partial charge in [0.25, 0.3) is 0 Å². The molecule has 0 aliphatic carbocycles. The number of hydrogen-bond acceptors (Lipinski definition) is 8. The number of sulfone groups is 1. The fraction of sp³-hybridized carbons (Fsp3) is 0.176. The van der Waals surface area contributed by atoms with Crippen LogP contribution < -0.4 is 10.1 Å². The molecule has 0 saturated carbocycles. The van der Waals surface area contributed by atoms with E-state index in [0.29, 0.717) is 33.0 Å². The largest absolute Gasteiger partial charge is 0.495 e. The van der Waals surface area contributed by atoms with Crippen LogP contribution >= 0.6 is 11.5 Å². The molecular formula is C17H16N4O4S2. The maximum Gasteiger partial charge on any atom is 0.221 e. The number of aromatic nitrogens is 1. The predicted molar refractivity (Wildman–Crippen MR) is 104 cm³/mol. The molecule has 0 aliphatic rings. The highest BCUT2D eigenvalue weighted by molar-refractivity contribution is 7.90. The molecule has 1 heterocycles. The van der Waals surface area contributed by atoms with Crippen molar-refractivity contribution in [2.75, 3.05) is 18.7 Å². The summed E-state index contributed by atoms with van der Waals surface area (Å²) in [5.41, 5.74) is 1.63. The summed E-state index contributed by atoms with van der Waals surface area (Å²) in [4.78, 5) is 11.5. The van der Waals surface area contributed by atoms with Gasteiger partial charge >= 0.3 is 0 Å². The van der Waals surface area contributed by atoms with E-state index in [2.05, 4.69) is 19.9 Å². The monoisotopic (exact) mass is 404 g/mol. The lowest BCUT2D eigenvalue weighted by atomic mass is 10.2. The van der Waals surface area contributed by atoms with Gasteiger partial charge in [0, 0.05) is 18.6 Å². The van der Waals surface area contributed by atoms with Gasteiger partial charge in [-0.3, -0.25) is 4.79 Å². The standard InChI is InChI=1S/C17H16N4O4S2/c1-10(22)18-15-8-11(4-7-16(15)25-2)19-20-17-13-9-12(27(3,23)24)5-6-14(13)21-26-17/h4-9H,1-3H3,(H,18,22). The molecule has 27 heavy (non-hydrogen) atoms. The van der Waals surface area contributed by atoms with Crippen LogP contribution in [-0.2, 0) is 14.6 Å². The van der Waals surface area contributed by atoms with Gasteiger partial charge in [0.1, 0.15) is 5.75 Å². The molecule has 0 unspecified atom stereocenters. The SMILES string of the molecule is COc1ccc(N=Nc2snc3ccc(S(C)(=O)=O)cc23)cc1NC(C)=O. The van der Waals surface area contributed by atoms with Crippen molar-refractivity contribution in [3.05, 3.63) is 36.4 Å². The molecule has 140 valence electrons. The fourth-order valence-electron chi connectivity index (χ4n) is 2.36. The average Bonchev–Trinajstić information content (AvgIpc) is 3.01. The first-order valence-corrected chi connectivity index (χ1v) is 10.4. The Kier molecular flexibility index (Phi) is 5.19. The number of methoxy groups -OCH3 is 1. The van der Waals surface area contributed by atoms with Crippen LogP contribution in [0.4, 0.5) is 16.4 Å². The summed E-state index contributed by atoms with van der Waals surface area (Å²) < 4.78 is 33.0. The molecule has 0 bridgehead atoms. The van der Waals surface area contributed by atoms with Gasteiger partial charge in [-0.05, 0) is 47.9 Å². The zero-order chi connectivity index (χ0) is 19.6. The molecule has 0 aliphatic heterocycles. The van der Waals surface area contributed by atoms with Crippen LogP contribution in [0.15, 0.2) is 51.5 Å². The van der Waals surface area contributed by atoms with E-state index < -0.39 is 9.84 Å². The molecule has 3 aromatic rings. The van der Waals surface area contributed by atoms with Gasteiger partial charge < -0.3 is 10.1 Å². The molecule has 0 fully saturated rings. The van der Waals surface area contributed by atoms with E-state index >= 15 is 0 Å².